The third kappa shape index (κ3) is 5.90. The number of nitrogens with zero attached hydrogens (tertiary/aromatic N) is 5. The third-order valence-electron chi connectivity index (χ3n) is 7.57. The largest absolute Gasteiger partial charge is 0.494 e. The van der Waals surface area contributed by atoms with Crippen molar-refractivity contribution in [2.24, 2.45) is 0 Å². The number of hydrogen-bond donors (Lipinski definition) is 0. The lowest BCUT2D eigenvalue weighted by Gasteiger charge is -2.47. The minimum absolute atomic E-state index is 0.0664. The van der Waals surface area contributed by atoms with E-state index in [2.05, 4.69) is 44.0 Å². The molecule has 1 spiro atoms. The van der Waals surface area contributed by atoms with Gasteiger partial charge in [-0.2, -0.15) is 0 Å². The molecule has 0 radical (unpaired) electrons. The number of likely N-dealkylation sites (tertiary alicyclic amines) is 1. The van der Waals surface area contributed by atoms with Crippen molar-refractivity contribution >= 4 is 17.3 Å². The van der Waals surface area contributed by atoms with Crippen LogP contribution in [0.2, 0.25) is 0 Å². The molecule has 5 rings (SSSR count). The summed E-state index contributed by atoms with van der Waals surface area (Å²) in [6.45, 7) is 6.70. The Morgan fingerprint density at radius 1 is 0.972 bits per heavy atom. The summed E-state index contributed by atoms with van der Waals surface area (Å²) in [5.41, 5.74) is 1.53. The van der Waals surface area contributed by atoms with Gasteiger partial charge >= 0.3 is 6.01 Å². The van der Waals surface area contributed by atoms with Gasteiger partial charge in [-0.3, -0.25) is 4.79 Å². The first-order valence-corrected chi connectivity index (χ1v) is 13.1. The van der Waals surface area contributed by atoms with Crippen LogP contribution < -0.4 is 19.3 Å². The highest BCUT2D eigenvalue weighted by atomic mass is 16.5. The second-order valence-electron chi connectivity index (χ2n) is 9.96. The lowest BCUT2D eigenvalue weighted by atomic mass is 9.89. The molecule has 2 aromatic rings. The highest BCUT2D eigenvalue weighted by Gasteiger charge is 2.43. The fourth-order valence-electron chi connectivity index (χ4n) is 5.39. The Labute approximate surface area is 213 Å². The Bertz CT molecular complexity index is 986. The van der Waals surface area contributed by atoms with Gasteiger partial charge in [0.1, 0.15) is 12.4 Å². The lowest BCUT2D eigenvalue weighted by Crippen LogP contribution is -2.59. The van der Waals surface area contributed by atoms with Crippen molar-refractivity contribution in [1.82, 2.24) is 14.9 Å². The molecule has 0 bridgehead atoms. The first kappa shape index (κ1) is 24.8. The Hall–Kier alpha value is -2.91. The maximum Gasteiger partial charge on any atom is 0.316 e. The van der Waals surface area contributed by atoms with Crippen LogP contribution in [0.3, 0.4) is 0 Å². The number of aromatic nitrogens is 2. The number of rotatable bonds is 8. The fourth-order valence-corrected chi connectivity index (χ4v) is 5.39. The van der Waals surface area contributed by atoms with E-state index in [9.17, 15) is 4.79 Å². The predicted molar refractivity (Wildman–Crippen MR) is 138 cm³/mol. The number of carbonyl (C=O) groups is 1. The first-order chi connectivity index (χ1) is 17.6. The van der Waals surface area contributed by atoms with Crippen LogP contribution in [0, 0.1) is 0 Å². The highest BCUT2D eigenvalue weighted by molar-refractivity contribution is 5.94. The summed E-state index contributed by atoms with van der Waals surface area (Å²) >= 11 is 0. The average Bonchev–Trinajstić information content (AvgIpc) is 2.94. The second-order valence-corrected chi connectivity index (χ2v) is 9.96. The Morgan fingerprint density at radius 2 is 1.69 bits per heavy atom. The number of methoxy groups -OCH3 is 1. The molecule has 9 heteroatoms. The van der Waals surface area contributed by atoms with E-state index in [1.807, 2.05) is 0 Å². The van der Waals surface area contributed by atoms with Crippen molar-refractivity contribution in [3.05, 3.63) is 36.7 Å². The van der Waals surface area contributed by atoms with Crippen LogP contribution >= 0.6 is 0 Å². The quantitative estimate of drug-likeness (QED) is 0.517. The molecule has 0 atom stereocenters. The van der Waals surface area contributed by atoms with Crippen LogP contribution in [0.25, 0.3) is 0 Å². The number of amides is 1. The Balaban J connectivity index is 1.10. The molecule has 3 aliphatic heterocycles. The zero-order chi connectivity index (χ0) is 24.8. The number of morpholine rings is 1. The van der Waals surface area contributed by atoms with Crippen molar-refractivity contribution in [2.45, 2.75) is 44.1 Å². The molecule has 4 heterocycles. The minimum Gasteiger partial charge on any atom is -0.494 e. The van der Waals surface area contributed by atoms with E-state index < -0.39 is 0 Å². The molecule has 0 aliphatic carbocycles. The van der Waals surface area contributed by atoms with Gasteiger partial charge < -0.3 is 28.9 Å². The van der Waals surface area contributed by atoms with Crippen LogP contribution in [0.5, 0.6) is 11.8 Å². The summed E-state index contributed by atoms with van der Waals surface area (Å²) in [5, 5.41) is 0. The fraction of sp³-hybridized carbons (Fsp3) is 0.593. The molecule has 0 N–H and O–H groups in total. The van der Waals surface area contributed by atoms with Gasteiger partial charge in [0.05, 0.1) is 43.9 Å². The van der Waals surface area contributed by atoms with E-state index in [4.69, 9.17) is 14.2 Å². The number of ether oxygens (including phenoxy) is 3. The van der Waals surface area contributed by atoms with E-state index in [0.29, 0.717) is 12.2 Å². The predicted octanol–water partition coefficient (Wildman–Crippen LogP) is 3.14. The lowest BCUT2D eigenvalue weighted by molar-refractivity contribution is -0.141. The topological polar surface area (TPSA) is 80.3 Å². The van der Waals surface area contributed by atoms with Gasteiger partial charge in [0.25, 0.3) is 5.91 Å². The molecule has 194 valence electrons. The van der Waals surface area contributed by atoms with Gasteiger partial charge in [0, 0.05) is 25.3 Å². The third-order valence-corrected chi connectivity index (χ3v) is 7.57. The molecule has 3 fully saturated rings. The highest BCUT2D eigenvalue weighted by Crippen LogP contribution is 2.34. The van der Waals surface area contributed by atoms with E-state index in [1.54, 1.807) is 17.3 Å². The molecular weight excluding hydrogens is 458 g/mol. The number of anilines is 2. The van der Waals surface area contributed by atoms with E-state index in [-0.39, 0.29) is 24.1 Å². The molecule has 0 saturated carbocycles. The Morgan fingerprint density at radius 3 is 2.39 bits per heavy atom. The molecule has 0 unspecified atom stereocenters. The van der Waals surface area contributed by atoms with Gasteiger partial charge in [-0.25, -0.2) is 9.97 Å². The maximum atomic E-state index is 12.6. The van der Waals surface area contributed by atoms with Crippen LogP contribution in [-0.2, 0) is 9.53 Å². The molecule has 9 nitrogen and oxygen atoms in total. The SMILES string of the molecule is COc1ncc(N2CC3(CCN(c4ccc(OCCCN5CCCCC5)cc4)CC3)OCC2=O)cn1. The molecule has 36 heavy (non-hydrogen) atoms. The normalized spacial score (nSPS) is 20.5. The van der Waals surface area contributed by atoms with Crippen molar-refractivity contribution < 1.29 is 19.0 Å². The molecule has 3 aliphatic rings. The molecule has 3 saturated heterocycles. The number of benzene rings is 1. The van der Waals surface area contributed by atoms with Gasteiger partial charge in [0.2, 0.25) is 0 Å². The standard InChI is InChI=1S/C27H37N5O4/c1-34-26-28-18-23(19-29-26)32-21-27(36-20-25(32)33)10-15-31(16-11-27)22-6-8-24(9-7-22)35-17-5-14-30-12-3-2-4-13-30/h6-9,18-19H,2-5,10-17,20-21H2,1H3. The second kappa shape index (κ2) is 11.4. The zero-order valence-corrected chi connectivity index (χ0v) is 21.2. The summed E-state index contributed by atoms with van der Waals surface area (Å²) in [6, 6.07) is 8.72. The molecule has 1 amide bonds. The van der Waals surface area contributed by atoms with Gasteiger partial charge in [-0.15, -0.1) is 0 Å². The van der Waals surface area contributed by atoms with E-state index in [1.165, 1.54) is 45.1 Å². The van der Waals surface area contributed by atoms with Crippen molar-refractivity contribution in [2.75, 3.05) is 69.4 Å². The van der Waals surface area contributed by atoms with Crippen LogP contribution in [-0.4, -0.2) is 86.0 Å². The smallest absolute Gasteiger partial charge is 0.316 e. The van der Waals surface area contributed by atoms with Gasteiger partial charge in [-0.05, 0) is 69.5 Å². The average molecular weight is 496 g/mol. The number of carbonyl (C=O) groups excluding carboxylic acids is 1. The van der Waals surface area contributed by atoms with Crippen LogP contribution in [0.15, 0.2) is 36.7 Å². The van der Waals surface area contributed by atoms with E-state index in [0.717, 1.165) is 51.3 Å². The summed E-state index contributed by atoms with van der Waals surface area (Å²) in [4.78, 5) is 27.5. The van der Waals surface area contributed by atoms with Crippen molar-refractivity contribution in [1.29, 1.82) is 0 Å². The monoisotopic (exact) mass is 495 g/mol. The molecule has 1 aromatic carbocycles. The summed E-state index contributed by atoms with van der Waals surface area (Å²) < 4.78 is 17.1. The van der Waals surface area contributed by atoms with Crippen LogP contribution in [0.4, 0.5) is 11.4 Å². The van der Waals surface area contributed by atoms with Gasteiger partial charge in [0.15, 0.2) is 0 Å². The summed E-state index contributed by atoms with van der Waals surface area (Å²) in [5.74, 6) is 0.862. The summed E-state index contributed by atoms with van der Waals surface area (Å²) in [6.07, 6.45) is 10.1. The maximum absolute atomic E-state index is 12.6. The zero-order valence-electron chi connectivity index (χ0n) is 21.2. The van der Waals surface area contributed by atoms with Crippen LogP contribution in [0.1, 0.15) is 38.5 Å². The molecular formula is C27H37N5O4. The Kier molecular flexibility index (Phi) is 7.87. The molecule has 1 aromatic heterocycles. The van der Waals surface area contributed by atoms with E-state index >= 15 is 0 Å². The summed E-state index contributed by atoms with van der Waals surface area (Å²) in [7, 11) is 1.52. The van der Waals surface area contributed by atoms with Crippen molar-refractivity contribution in [3.8, 4) is 11.8 Å². The van der Waals surface area contributed by atoms with Gasteiger partial charge in [-0.1, -0.05) is 6.42 Å². The first-order valence-electron chi connectivity index (χ1n) is 13.1. The van der Waals surface area contributed by atoms with Crippen molar-refractivity contribution in [3.63, 3.8) is 0 Å². The number of piperidine rings is 2. The minimum atomic E-state index is -0.345. The number of hydrogen-bond acceptors (Lipinski definition) is 8.